The number of aliphatic carboxylic acids is 1. The first-order valence-electron chi connectivity index (χ1n) is 14.4. The number of aromatic nitrogens is 1. The van der Waals surface area contributed by atoms with Crippen molar-refractivity contribution < 1.29 is 24.6 Å². The number of benzene rings is 1. The van der Waals surface area contributed by atoms with Crippen LogP contribution in [0.4, 0.5) is 5.13 Å². The molecule has 1 aromatic heterocycles. The summed E-state index contributed by atoms with van der Waals surface area (Å²) < 4.78 is 0. The summed E-state index contributed by atoms with van der Waals surface area (Å²) in [5.74, 6) is 0.678. The van der Waals surface area contributed by atoms with Gasteiger partial charge in [-0.1, -0.05) is 38.9 Å². The van der Waals surface area contributed by atoms with Crippen molar-refractivity contribution in [1.29, 1.82) is 0 Å². The highest BCUT2D eigenvalue weighted by atomic mass is 32.1. The number of hydrogen-bond donors (Lipinski definition) is 3. The van der Waals surface area contributed by atoms with Gasteiger partial charge in [-0.05, 0) is 97.3 Å². The van der Waals surface area contributed by atoms with E-state index in [2.05, 4.69) is 49.2 Å². The number of hydrogen-bond acceptors (Lipinski definition) is 7. The lowest BCUT2D eigenvalue weighted by Crippen LogP contribution is -2.44. The fourth-order valence-electron chi connectivity index (χ4n) is 7.77. The first-order chi connectivity index (χ1) is 18.9. The summed E-state index contributed by atoms with van der Waals surface area (Å²) in [6.45, 7) is 10.2. The Hall–Kier alpha value is -2.94. The molecule has 5 unspecified atom stereocenters. The van der Waals surface area contributed by atoms with Crippen LogP contribution in [0.25, 0.3) is 0 Å². The molecule has 2 fully saturated rings. The van der Waals surface area contributed by atoms with Gasteiger partial charge in [0.25, 0.3) is 0 Å². The topological polar surface area (TPSA) is 121 Å². The monoisotopic (exact) mass is 567 g/mol. The fraction of sp³-hybridized carbons (Fsp3) is 0.613. The Morgan fingerprint density at radius 1 is 1.27 bits per heavy atom. The average Bonchev–Trinajstić information content (AvgIpc) is 3.40. The molecule has 8 nitrogen and oxygen atoms in total. The van der Waals surface area contributed by atoms with E-state index in [0.717, 1.165) is 48.3 Å². The zero-order valence-electron chi connectivity index (χ0n) is 24.1. The Balaban J connectivity index is 1.42. The van der Waals surface area contributed by atoms with Gasteiger partial charge >= 0.3 is 5.97 Å². The van der Waals surface area contributed by atoms with Crippen molar-refractivity contribution in [3.63, 3.8) is 0 Å². The Labute approximate surface area is 240 Å². The standard InChI is InChI=1S/C31H41N3O5S/c1-17-15-32-29(40-17)33-26(36)9-7-19-13-25(34-39-16-27(37)38)31(5)11-10-20-21(28(19)31)8-6-18-12-24(35)23(14-22(18)20)30(2,3)4/h12,14-15,19-21,28,35H,6-11,13,16H2,1-5H3,(H,37,38)(H,32,33,36)/b34-25+. The number of anilines is 1. The summed E-state index contributed by atoms with van der Waals surface area (Å²) in [7, 11) is 0. The molecule has 0 radical (unpaired) electrons. The number of oxime groups is 1. The molecule has 216 valence electrons. The van der Waals surface area contributed by atoms with Crippen LogP contribution >= 0.6 is 11.3 Å². The molecule has 0 aliphatic heterocycles. The summed E-state index contributed by atoms with van der Waals surface area (Å²) >= 11 is 1.47. The van der Waals surface area contributed by atoms with E-state index in [1.807, 2.05) is 13.0 Å². The van der Waals surface area contributed by atoms with Gasteiger partial charge in [-0.3, -0.25) is 4.79 Å². The minimum absolute atomic E-state index is 0.0322. The highest BCUT2D eigenvalue weighted by Gasteiger charge is 2.57. The first-order valence-corrected chi connectivity index (χ1v) is 15.2. The molecule has 0 saturated heterocycles. The van der Waals surface area contributed by atoms with Crippen molar-refractivity contribution in [2.45, 2.75) is 90.9 Å². The molecule has 1 heterocycles. The number of phenolic OH excluding ortho intramolecular Hbond substituents is 1. The number of thiazole rings is 1. The van der Waals surface area contributed by atoms with Crippen LogP contribution in [0, 0.1) is 30.1 Å². The molecule has 2 aromatic rings. The molecule has 5 rings (SSSR count). The third-order valence-electron chi connectivity index (χ3n) is 9.50. The van der Waals surface area contributed by atoms with Crippen LogP contribution in [0.3, 0.4) is 0 Å². The Morgan fingerprint density at radius 3 is 2.73 bits per heavy atom. The van der Waals surface area contributed by atoms with E-state index in [9.17, 15) is 14.7 Å². The van der Waals surface area contributed by atoms with Crippen LogP contribution in [0.5, 0.6) is 5.75 Å². The van der Waals surface area contributed by atoms with Gasteiger partial charge in [-0.15, -0.1) is 11.3 Å². The summed E-state index contributed by atoms with van der Waals surface area (Å²) in [6, 6.07) is 4.24. The van der Waals surface area contributed by atoms with Crippen LogP contribution in [0.1, 0.15) is 93.7 Å². The van der Waals surface area contributed by atoms with E-state index in [1.54, 1.807) is 6.20 Å². The molecule has 1 amide bonds. The van der Waals surface area contributed by atoms with Crippen LogP contribution < -0.4 is 5.32 Å². The second kappa shape index (κ2) is 10.8. The van der Waals surface area contributed by atoms with Gasteiger partial charge in [0, 0.05) is 22.9 Å². The predicted octanol–water partition coefficient (Wildman–Crippen LogP) is 6.41. The predicted molar refractivity (Wildman–Crippen MR) is 156 cm³/mol. The van der Waals surface area contributed by atoms with Crippen molar-refractivity contribution in [3.8, 4) is 5.75 Å². The highest BCUT2D eigenvalue weighted by molar-refractivity contribution is 7.15. The SMILES string of the molecule is Cc1cnc(NC(=O)CCC2C/C(=N\OCC(=O)O)C3(C)CCC4c5cc(C(C)(C)C)c(O)cc5CCC4C23)s1. The molecule has 3 N–H and O–H groups in total. The number of aromatic hydroxyl groups is 1. The third-order valence-corrected chi connectivity index (χ3v) is 10.3. The smallest absolute Gasteiger partial charge is 0.344 e. The quantitative estimate of drug-likeness (QED) is 0.332. The maximum absolute atomic E-state index is 12.9. The van der Waals surface area contributed by atoms with Crippen molar-refractivity contribution >= 4 is 34.1 Å². The van der Waals surface area contributed by atoms with Crippen molar-refractivity contribution in [1.82, 2.24) is 4.98 Å². The second-order valence-electron chi connectivity index (χ2n) is 13.1. The molecular formula is C31H41N3O5S. The maximum Gasteiger partial charge on any atom is 0.344 e. The number of carboxylic acid groups (broad SMARTS) is 1. The van der Waals surface area contributed by atoms with Gasteiger partial charge in [0.2, 0.25) is 12.5 Å². The lowest BCUT2D eigenvalue weighted by atomic mass is 9.53. The number of aryl methyl sites for hydroxylation is 2. The van der Waals surface area contributed by atoms with E-state index < -0.39 is 12.6 Å². The average molecular weight is 568 g/mol. The molecule has 3 aliphatic carbocycles. The van der Waals surface area contributed by atoms with Gasteiger partial charge in [0.1, 0.15) is 5.75 Å². The molecule has 5 atom stereocenters. The minimum Gasteiger partial charge on any atom is -0.508 e. The highest BCUT2D eigenvalue weighted by Crippen LogP contribution is 2.63. The number of carbonyl (C=O) groups excluding carboxylic acids is 1. The number of nitrogens with one attached hydrogen (secondary N) is 1. The van der Waals surface area contributed by atoms with E-state index in [4.69, 9.17) is 9.94 Å². The van der Waals surface area contributed by atoms with E-state index >= 15 is 0 Å². The molecule has 0 bridgehead atoms. The van der Waals surface area contributed by atoms with Gasteiger partial charge in [0.15, 0.2) is 5.13 Å². The fourth-order valence-corrected chi connectivity index (χ4v) is 8.45. The van der Waals surface area contributed by atoms with Crippen LogP contribution in [0.2, 0.25) is 0 Å². The van der Waals surface area contributed by atoms with Crippen LogP contribution in [0.15, 0.2) is 23.5 Å². The Morgan fingerprint density at radius 2 is 2.05 bits per heavy atom. The van der Waals surface area contributed by atoms with Crippen molar-refractivity contribution in [3.05, 3.63) is 39.9 Å². The van der Waals surface area contributed by atoms with Gasteiger partial charge in [-0.2, -0.15) is 0 Å². The van der Waals surface area contributed by atoms with E-state index in [0.29, 0.717) is 41.5 Å². The molecule has 2 saturated carbocycles. The number of amides is 1. The van der Waals surface area contributed by atoms with Crippen molar-refractivity contribution in [2.24, 2.45) is 28.3 Å². The molecule has 3 aliphatic rings. The van der Waals surface area contributed by atoms with Gasteiger partial charge in [-0.25, -0.2) is 9.78 Å². The lowest BCUT2D eigenvalue weighted by molar-refractivity contribution is -0.142. The van der Waals surface area contributed by atoms with Gasteiger partial charge in [0.05, 0.1) is 5.71 Å². The summed E-state index contributed by atoms with van der Waals surface area (Å²) in [4.78, 5) is 34.6. The van der Waals surface area contributed by atoms with E-state index in [1.165, 1.54) is 22.5 Å². The molecule has 1 aromatic carbocycles. The molecule has 40 heavy (non-hydrogen) atoms. The van der Waals surface area contributed by atoms with Crippen molar-refractivity contribution in [2.75, 3.05) is 11.9 Å². The molecular weight excluding hydrogens is 526 g/mol. The number of carbonyl (C=O) groups is 2. The molecule has 0 spiro atoms. The summed E-state index contributed by atoms with van der Waals surface area (Å²) in [6.07, 6.45) is 7.48. The van der Waals surface area contributed by atoms with E-state index in [-0.39, 0.29) is 22.7 Å². The van der Waals surface area contributed by atoms with Crippen LogP contribution in [-0.2, 0) is 26.3 Å². The lowest BCUT2D eigenvalue weighted by Gasteiger charge is -2.50. The summed E-state index contributed by atoms with van der Waals surface area (Å²) in [5, 5.41) is 27.9. The Kier molecular flexibility index (Phi) is 7.72. The second-order valence-corrected chi connectivity index (χ2v) is 14.4. The third kappa shape index (κ3) is 5.49. The maximum atomic E-state index is 12.9. The zero-order valence-corrected chi connectivity index (χ0v) is 24.9. The number of fused-ring (bicyclic) bond motifs is 5. The summed E-state index contributed by atoms with van der Waals surface area (Å²) in [5.41, 5.74) is 4.18. The van der Waals surface area contributed by atoms with Gasteiger partial charge < -0.3 is 20.4 Å². The molecule has 9 heteroatoms. The minimum atomic E-state index is -1.04. The number of nitrogens with zero attached hydrogens (tertiary/aromatic N) is 2. The number of phenols is 1. The number of rotatable bonds is 7. The number of carboxylic acids is 1. The van der Waals surface area contributed by atoms with Crippen LogP contribution in [-0.4, -0.2) is 39.4 Å². The largest absolute Gasteiger partial charge is 0.508 e. The Bertz CT molecular complexity index is 1330. The zero-order chi connectivity index (χ0) is 28.8. The normalized spacial score (nSPS) is 28.5. The first kappa shape index (κ1) is 28.6.